The number of aromatic nitrogens is 2. The van der Waals surface area contributed by atoms with Crippen LogP contribution < -0.4 is 15.1 Å². The van der Waals surface area contributed by atoms with Crippen LogP contribution in [-0.4, -0.2) is 59.1 Å². The van der Waals surface area contributed by atoms with Crippen LogP contribution in [0.15, 0.2) is 24.4 Å². The summed E-state index contributed by atoms with van der Waals surface area (Å²) in [6.45, 7) is 4.03. The van der Waals surface area contributed by atoms with Gasteiger partial charge in [-0.1, -0.05) is 19.8 Å². The molecule has 2 aliphatic rings. The Labute approximate surface area is 194 Å². The largest absolute Gasteiger partial charge is 0.345 e. The Morgan fingerprint density at radius 2 is 2.03 bits per heavy atom. The molecule has 9 nitrogen and oxygen atoms in total. The van der Waals surface area contributed by atoms with E-state index in [2.05, 4.69) is 22.1 Å². The molecule has 174 valence electrons. The van der Waals surface area contributed by atoms with Crippen molar-refractivity contribution >= 4 is 41.2 Å². The minimum absolute atomic E-state index is 0.0401. The standard InChI is InChI=1S/C24H32N8O/c1-5-19-21(26)31(14-25)20-13-27-24(29-22(20)32(19)17-8-6-7-9-17)28-18-11-10-16(12-15(18)2)23(33)30(3)4/h10-14,17,19,25-26H,5-9H2,1-4H3,(H,27,28,29). The monoisotopic (exact) mass is 448 g/mol. The zero-order chi connectivity index (χ0) is 23.7. The number of carbonyl (C=O) groups excluding carboxylic acids is 1. The summed E-state index contributed by atoms with van der Waals surface area (Å²) >= 11 is 0. The molecule has 1 fully saturated rings. The summed E-state index contributed by atoms with van der Waals surface area (Å²) in [7, 11) is 3.48. The molecular formula is C24H32N8O. The molecule has 33 heavy (non-hydrogen) atoms. The molecule has 1 saturated carbocycles. The molecule has 0 spiro atoms. The molecular weight excluding hydrogens is 416 g/mol. The average Bonchev–Trinajstić information content (AvgIpc) is 3.33. The lowest BCUT2D eigenvalue weighted by Gasteiger charge is -2.44. The fourth-order valence-corrected chi connectivity index (χ4v) is 4.81. The highest BCUT2D eigenvalue weighted by atomic mass is 16.2. The zero-order valence-corrected chi connectivity index (χ0v) is 19.7. The van der Waals surface area contributed by atoms with E-state index >= 15 is 0 Å². The van der Waals surface area contributed by atoms with Crippen molar-refractivity contribution in [1.29, 1.82) is 10.8 Å². The van der Waals surface area contributed by atoms with Crippen molar-refractivity contribution in [3.8, 4) is 0 Å². The molecule has 0 radical (unpaired) electrons. The van der Waals surface area contributed by atoms with Crippen molar-refractivity contribution in [2.45, 2.75) is 58.0 Å². The van der Waals surface area contributed by atoms with E-state index in [9.17, 15) is 4.79 Å². The Morgan fingerprint density at radius 1 is 1.30 bits per heavy atom. The number of fused-ring (bicyclic) bond motifs is 1. The van der Waals surface area contributed by atoms with Gasteiger partial charge in [-0.3, -0.25) is 20.5 Å². The third-order valence-corrected chi connectivity index (χ3v) is 6.52. The van der Waals surface area contributed by atoms with Gasteiger partial charge in [-0.25, -0.2) is 4.98 Å². The smallest absolute Gasteiger partial charge is 0.253 e. The minimum Gasteiger partial charge on any atom is -0.345 e. The van der Waals surface area contributed by atoms with E-state index in [0.29, 0.717) is 29.1 Å². The molecule has 3 N–H and O–H groups in total. The molecule has 0 bridgehead atoms. The van der Waals surface area contributed by atoms with Gasteiger partial charge in [0, 0.05) is 31.4 Å². The first-order chi connectivity index (χ1) is 15.8. The van der Waals surface area contributed by atoms with Crippen LogP contribution in [0.3, 0.4) is 0 Å². The highest BCUT2D eigenvalue weighted by Gasteiger charge is 2.40. The van der Waals surface area contributed by atoms with E-state index in [1.807, 2.05) is 19.1 Å². The van der Waals surface area contributed by atoms with Crippen LogP contribution in [0.4, 0.5) is 23.1 Å². The number of amides is 1. The van der Waals surface area contributed by atoms with Crippen LogP contribution in [0, 0.1) is 17.7 Å². The Balaban J connectivity index is 1.70. The van der Waals surface area contributed by atoms with E-state index in [1.165, 1.54) is 19.2 Å². The number of benzene rings is 1. The van der Waals surface area contributed by atoms with Crippen molar-refractivity contribution in [3.63, 3.8) is 0 Å². The normalized spacial score (nSPS) is 18.3. The first-order valence-electron chi connectivity index (χ1n) is 11.5. The number of carbonyl (C=O) groups is 1. The number of rotatable bonds is 6. The third kappa shape index (κ3) is 4.15. The van der Waals surface area contributed by atoms with E-state index in [0.717, 1.165) is 36.3 Å². The fraction of sp³-hybridized carbons (Fsp3) is 0.458. The summed E-state index contributed by atoms with van der Waals surface area (Å²) in [5, 5.41) is 19.9. The molecule has 1 unspecified atom stereocenters. The molecule has 2 aromatic rings. The molecule has 1 aliphatic heterocycles. The van der Waals surface area contributed by atoms with E-state index in [1.54, 1.807) is 36.2 Å². The van der Waals surface area contributed by atoms with Crippen molar-refractivity contribution in [1.82, 2.24) is 14.9 Å². The van der Waals surface area contributed by atoms with Crippen LogP contribution in [-0.2, 0) is 0 Å². The first-order valence-corrected chi connectivity index (χ1v) is 11.5. The summed E-state index contributed by atoms with van der Waals surface area (Å²) in [5.41, 5.74) is 3.05. The lowest BCUT2D eigenvalue weighted by Crippen LogP contribution is -2.56. The Morgan fingerprint density at radius 3 is 2.64 bits per heavy atom. The van der Waals surface area contributed by atoms with Crippen molar-refractivity contribution in [3.05, 3.63) is 35.5 Å². The lowest BCUT2D eigenvalue weighted by atomic mass is 10.0. The maximum absolute atomic E-state index is 12.3. The van der Waals surface area contributed by atoms with E-state index in [-0.39, 0.29) is 11.9 Å². The quantitative estimate of drug-likeness (QED) is 0.452. The van der Waals surface area contributed by atoms with Gasteiger partial charge in [0.05, 0.1) is 18.6 Å². The molecule has 1 aromatic heterocycles. The summed E-state index contributed by atoms with van der Waals surface area (Å²) in [6, 6.07) is 5.74. The van der Waals surface area contributed by atoms with Crippen LogP contribution >= 0.6 is 0 Å². The van der Waals surface area contributed by atoms with Gasteiger partial charge in [0.1, 0.15) is 11.5 Å². The Hall–Kier alpha value is -3.49. The van der Waals surface area contributed by atoms with Gasteiger partial charge in [-0.05, 0) is 49.9 Å². The lowest BCUT2D eigenvalue weighted by molar-refractivity contribution is 0.0827. The van der Waals surface area contributed by atoms with Crippen LogP contribution in [0.1, 0.15) is 54.9 Å². The second-order valence-corrected chi connectivity index (χ2v) is 8.91. The third-order valence-electron chi connectivity index (χ3n) is 6.52. The van der Waals surface area contributed by atoms with Gasteiger partial charge in [-0.2, -0.15) is 4.98 Å². The predicted molar refractivity (Wildman–Crippen MR) is 132 cm³/mol. The van der Waals surface area contributed by atoms with Gasteiger partial charge in [0.2, 0.25) is 5.95 Å². The molecule has 0 saturated heterocycles. The predicted octanol–water partition coefficient (Wildman–Crippen LogP) is 4.16. The number of nitrogens with zero attached hydrogens (tertiary/aromatic N) is 5. The Bertz CT molecular complexity index is 1080. The zero-order valence-electron chi connectivity index (χ0n) is 19.7. The first kappa shape index (κ1) is 22.7. The van der Waals surface area contributed by atoms with Gasteiger partial charge < -0.3 is 15.1 Å². The SMILES string of the molecule is CCC1C(=N)N(C=N)c2cnc(Nc3ccc(C(=O)N(C)C)cc3C)nc2N1C1CCCC1. The van der Waals surface area contributed by atoms with Gasteiger partial charge in [0.15, 0.2) is 5.82 Å². The second-order valence-electron chi connectivity index (χ2n) is 8.91. The fourth-order valence-electron chi connectivity index (χ4n) is 4.81. The van der Waals surface area contributed by atoms with E-state index in [4.69, 9.17) is 15.8 Å². The number of aryl methyl sites for hydroxylation is 1. The summed E-state index contributed by atoms with van der Waals surface area (Å²) in [6.07, 6.45) is 8.17. The molecule has 1 aliphatic carbocycles. The molecule has 1 aromatic carbocycles. The highest BCUT2D eigenvalue weighted by molar-refractivity contribution is 6.16. The number of nitrogens with one attached hydrogen (secondary N) is 3. The highest BCUT2D eigenvalue weighted by Crippen LogP contribution is 2.40. The number of hydrogen-bond acceptors (Lipinski definition) is 7. The maximum atomic E-state index is 12.3. The summed E-state index contributed by atoms with van der Waals surface area (Å²) in [4.78, 5) is 27.1. The van der Waals surface area contributed by atoms with Gasteiger partial charge in [0.25, 0.3) is 5.91 Å². The van der Waals surface area contributed by atoms with Crippen LogP contribution in [0.25, 0.3) is 0 Å². The Kier molecular flexibility index (Phi) is 6.31. The van der Waals surface area contributed by atoms with Crippen molar-refractivity contribution < 1.29 is 4.79 Å². The molecule has 4 rings (SSSR count). The maximum Gasteiger partial charge on any atom is 0.253 e. The molecule has 1 amide bonds. The number of amidine groups is 1. The summed E-state index contributed by atoms with van der Waals surface area (Å²) < 4.78 is 0. The summed E-state index contributed by atoms with van der Waals surface area (Å²) in [5.74, 6) is 1.58. The number of hydrogen-bond donors (Lipinski definition) is 3. The second kappa shape index (κ2) is 9.17. The molecule has 1 atom stereocenters. The van der Waals surface area contributed by atoms with Crippen molar-refractivity contribution in [2.75, 3.05) is 29.2 Å². The topological polar surface area (TPSA) is 112 Å². The van der Waals surface area contributed by atoms with Crippen LogP contribution in [0.2, 0.25) is 0 Å². The number of anilines is 4. The van der Waals surface area contributed by atoms with Gasteiger partial charge >= 0.3 is 0 Å². The van der Waals surface area contributed by atoms with E-state index < -0.39 is 0 Å². The molecule has 9 heteroatoms. The van der Waals surface area contributed by atoms with Crippen molar-refractivity contribution in [2.24, 2.45) is 0 Å². The average molecular weight is 449 g/mol. The molecule has 2 heterocycles. The van der Waals surface area contributed by atoms with Crippen LogP contribution in [0.5, 0.6) is 0 Å². The van der Waals surface area contributed by atoms with Gasteiger partial charge in [-0.15, -0.1) is 0 Å². The minimum atomic E-state index is -0.122.